The van der Waals surface area contributed by atoms with E-state index in [4.69, 9.17) is 4.74 Å². The van der Waals surface area contributed by atoms with Crippen molar-refractivity contribution in [2.24, 2.45) is 0 Å². The Kier molecular flexibility index (Phi) is 8.70. The molecule has 0 aliphatic heterocycles. The zero-order chi connectivity index (χ0) is 23.1. The van der Waals surface area contributed by atoms with Gasteiger partial charge in [-0.05, 0) is 106 Å². The molecule has 0 saturated heterocycles. The Morgan fingerprint density at radius 3 is 2.19 bits per heavy atom. The lowest BCUT2D eigenvalue weighted by Crippen LogP contribution is -2.13. The molecule has 1 N–H and O–H groups in total. The van der Waals surface area contributed by atoms with Gasteiger partial charge in [-0.25, -0.2) is 0 Å². The standard InChI is InChI=1S/C26H22I2N2O2/c1-3-18-8-10-22(11-9-18)30-26(31)21(15-29)12-20-13-23(27)25(24(28)14-20)32-16-19-6-4-17(2)5-7-19/h4-14H,3,16H2,1-2H3,(H,30,31)/b21-12+. The van der Waals surface area contributed by atoms with Crippen LogP contribution in [0.4, 0.5) is 5.69 Å². The SMILES string of the molecule is CCc1ccc(NC(=O)/C(C#N)=C/c2cc(I)c(OCc3ccc(C)cc3)c(I)c2)cc1. The van der Waals surface area contributed by atoms with E-state index in [1.54, 1.807) is 6.08 Å². The van der Waals surface area contributed by atoms with Gasteiger partial charge in [-0.1, -0.05) is 48.9 Å². The number of hydrogen-bond acceptors (Lipinski definition) is 3. The third-order valence-corrected chi connectivity index (χ3v) is 6.42. The van der Waals surface area contributed by atoms with Gasteiger partial charge in [0.15, 0.2) is 0 Å². The van der Waals surface area contributed by atoms with Gasteiger partial charge in [0.2, 0.25) is 0 Å². The van der Waals surface area contributed by atoms with Gasteiger partial charge in [-0.2, -0.15) is 5.26 Å². The summed E-state index contributed by atoms with van der Waals surface area (Å²) in [4.78, 5) is 12.6. The molecule has 3 aromatic rings. The summed E-state index contributed by atoms with van der Waals surface area (Å²) in [6.07, 6.45) is 2.53. The van der Waals surface area contributed by atoms with Crippen molar-refractivity contribution in [1.29, 1.82) is 5.26 Å². The van der Waals surface area contributed by atoms with Crippen LogP contribution in [0.15, 0.2) is 66.2 Å². The van der Waals surface area contributed by atoms with E-state index in [0.717, 1.165) is 30.4 Å². The van der Waals surface area contributed by atoms with Crippen LogP contribution in [0.5, 0.6) is 5.75 Å². The third kappa shape index (κ3) is 6.56. The molecule has 0 atom stereocenters. The highest BCUT2D eigenvalue weighted by atomic mass is 127. The maximum atomic E-state index is 12.6. The molecule has 1 amide bonds. The van der Waals surface area contributed by atoms with E-state index in [0.29, 0.717) is 12.3 Å². The van der Waals surface area contributed by atoms with Crippen LogP contribution >= 0.6 is 45.2 Å². The number of ether oxygens (including phenoxy) is 1. The van der Waals surface area contributed by atoms with Crippen LogP contribution in [-0.2, 0) is 17.8 Å². The number of rotatable bonds is 7. The summed E-state index contributed by atoms with van der Waals surface area (Å²) >= 11 is 4.44. The molecule has 0 aliphatic rings. The molecule has 0 spiro atoms. The molecule has 6 heteroatoms. The lowest BCUT2D eigenvalue weighted by Gasteiger charge is -2.12. The minimum atomic E-state index is -0.429. The van der Waals surface area contributed by atoms with Gasteiger partial charge in [-0.15, -0.1) is 0 Å². The van der Waals surface area contributed by atoms with Crippen molar-refractivity contribution in [3.05, 3.63) is 95.6 Å². The number of anilines is 1. The number of halogens is 2. The number of nitrogens with zero attached hydrogens (tertiary/aromatic N) is 1. The Bertz CT molecular complexity index is 1150. The van der Waals surface area contributed by atoms with Crippen molar-refractivity contribution in [1.82, 2.24) is 0 Å². The Morgan fingerprint density at radius 2 is 1.62 bits per heavy atom. The maximum Gasteiger partial charge on any atom is 0.266 e. The highest BCUT2D eigenvalue weighted by molar-refractivity contribution is 14.1. The highest BCUT2D eigenvalue weighted by Gasteiger charge is 2.13. The van der Waals surface area contributed by atoms with Gasteiger partial charge in [0.05, 0.1) is 7.14 Å². The molecule has 0 radical (unpaired) electrons. The predicted molar refractivity (Wildman–Crippen MR) is 145 cm³/mol. The average molecular weight is 648 g/mol. The summed E-state index contributed by atoms with van der Waals surface area (Å²) in [5, 5.41) is 12.3. The fourth-order valence-electron chi connectivity index (χ4n) is 2.98. The molecule has 0 aromatic heterocycles. The Hall–Kier alpha value is -2.38. The molecule has 0 aliphatic carbocycles. The van der Waals surface area contributed by atoms with Gasteiger partial charge in [-0.3, -0.25) is 4.79 Å². The molecule has 3 aromatic carbocycles. The van der Waals surface area contributed by atoms with Crippen molar-refractivity contribution < 1.29 is 9.53 Å². The maximum absolute atomic E-state index is 12.6. The first kappa shape index (κ1) is 24.3. The molecule has 0 fully saturated rings. The zero-order valence-corrected chi connectivity index (χ0v) is 22.1. The fourth-order valence-corrected chi connectivity index (χ4v) is 5.11. The van der Waals surface area contributed by atoms with E-state index in [2.05, 4.69) is 88.6 Å². The Balaban J connectivity index is 1.74. The van der Waals surface area contributed by atoms with E-state index in [9.17, 15) is 10.1 Å². The molecular weight excluding hydrogens is 626 g/mol. The van der Waals surface area contributed by atoms with E-state index in [-0.39, 0.29) is 5.57 Å². The first-order valence-corrected chi connectivity index (χ1v) is 12.2. The number of carbonyl (C=O) groups excluding carboxylic acids is 1. The molecule has 0 bridgehead atoms. The van der Waals surface area contributed by atoms with Crippen molar-refractivity contribution >= 4 is 62.9 Å². The van der Waals surface area contributed by atoms with Crippen LogP contribution in [0.1, 0.15) is 29.2 Å². The summed E-state index contributed by atoms with van der Waals surface area (Å²) in [5.74, 6) is 0.365. The van der Waals surface area contributed by atoms with Gasteiger partial charge in [0, 0.05) is 5.69 Å². The molecule has 32 heavy (non-hydrogen) atoms. The smallest absolute Gasteiger partial charge is 0.266 e. The van der Waals surface area contributed by atoms with E-state index in [1.165, 1.54) is 11.1 Å². The normalized spacial score (nSPS) is 11.0. The first-order valence-electron chi connectivity index (χ1n) is 10.1. The van der Waals surface area contributed by atoms with Crippen LogP contribution in [0.2, 0.25) is 0 Å². The second-order valence-electron chi connectivity index (χ2n) is 7.26. The van der Waals surface area contributed by atoms with Crippen molar-refractivity contribution in [2.45, 2.75) is 26.9 Å². The van der Waals surface area contributed by atoms with Crippen molar-refractivity contribution in [2.75, 3.05) is 5.32 Å². The van der Waals surface area contributed by atoms with Crippen LogP contribution in [-0.4, -0.2) is 5.91 Å². The predicted octanol–water partition coefficient (Wildman–Crippen LogP) is 6.89. The minimum Gasteiger partial charge on any atom is -0.487 e. The molecule has 162 valence electrons. The van der Waals surface area contributed by atoms with E-state index < -0.39 is 5.91 Å². The molecular formula is C26H22I2N2O2. The highest BCUT2D eigenvalue weighted by Crippen LogP contribution is 2.30. The Morgan fingerprint density at radius 1 is 1.03 bits per heavy atom. The van der Waals surface area contributed by atoms with Crippen LogP contribution in [0.3, 0.4) is 0 Å². The number of nitriles is 1. The van der Waals surface area contributed by atoms with Gasteiger partial charge >= 0.3 is 0 Å². The lowest BCUT2D eigenvalue weighted by atomic mass is 10.1. The summed E-state index contributed by atoms with van der Waals surface area (Å²) < 4.78 is 7.88. The van der Waals surface area contributed by atoms with Crippen LogP contribution in [0.25, 0.3) is 6.08 Å². The lowest BCUT2D eigenvalue weighted by molar-refractivity contribution is -0.112. The summed E-state index contributed by atoms with van der Waals surface area (Å²) in [6.45, 7) is 4.61. The molecule has 0 heterocycles. The largest absolute Gasteiger partial charge is 0.487 e. The second-order valence-corrected chi connectivity index (χ2v) is 9.59. The summed E-state index contributed by atoms with van der Waals surface area (Å²) in [7, 11) is 0. The monoisotopic (exact) mass is 648 g/mol. The van der Waals surface area contributed by atoms with Crippen molar-refractivity contribution in [3.8, 4) is 11.8 Å². The third-order valence-electron chi connectivity index (χ3n) is 4.82. The van der Waals surface area contributed by atoms with Crippen LogP contribution < -0.4 is 10.1 Å². The van der Waals surface area contributed by atoms with E-state index in [1.807, 2.05) is 42.5 Å². The van der Waals surface area contributed by atoms with Gasteiger partial charge < -0.3 is 10.1 Å². The number of amides is 1. The Labute approximate surface area is 216 Å². The second kappa shape index (κ2) is 11.5. The molecule has 3 rings (SSSR count). The van der Waals surface area contributed by atoms with Crippen molar-refractivity contribution in [3.63, 3.8) is 0 Å². The average Bonchev–Trinajstić information content (AvgIpc) is 2.78. The molecule has 0 saturated carbocycles. The van der Waals surface area contributed by atoms with Gasteiger partial charge in [0.1, 0.15) is 24.0 Å². The van der Waals surface area contributed by atoms with Crippen LogP contribution in [0, 0.1) is 25.4 Å². The number of nitrogens with one attached hydrogen (secondary N) is 1. The zero-order valence-electron chi connectivity index (χ0n) is 17.8. The van der Waals surface area contributed by atoms with E-state index >= 15 is 0 Å². The number of aryl methyl sites for hydroxylation is 2. The number of benzene rings is 3. The molecule has 4 nitrogen and oxygen atoms in total. The summed E-state index contributed by atoms with van der Waals surface area (Å²) in [6, 6.07) is 21.7. The minimum absolute atomic E-state index is 0.0458. The number of hydrogen-bond donors (Lipinski definition) is 1. The quantitative estimate of drug-likeness (QED) is 0.173. The summed E-state index contributed by atoms with van der Waals surface area (Å²) in [5.41, 5.74) is 4.98. The fraction of sp³-hybridized carbons (Fsp3) is 0.154. The first-order chi connectivity index (χ1) is 15.4. The molecule has 0 unspecified atom stereocenters. The number of carbonyl (C=O) groups is 1. The topological polar surface area (TPSA) is 62.1 Å². The van der Waals surface area contributed by atoms with Gasteiger partial charge in [0.25, 0.3) is 5.91 Å².